The third-order valence-electron chi connectivity index (χ3n) is 3.66. The smallest absolute Gasteiger partial charge is 0.493 e. The largest absolute Gasteiger partial charge is 0.573 e. The highest BCUT2D eigenvalue weighted by atomic mass is 35.5. The number of halogens is 5. The van der Waals surface area contributed by atoms with Crippen LogP contribution in [0, 0.1) is 0 Å². The molecule has 0 radical (unpaired) electrons. The second-order valence-electron chi connectivity index (χ2n) is 5.63. The summed E-state index contributed by atoms with van der Waals surface area (Å²) in [4.78, 5) is 16.7. The lowest BCUT2D eigenvalue weighted by Gasteiger charge is -2.14. The van der Waals surface area contributed by atoms with Crippen molar-refractivity contribution >= 4 is 34.9 Å². The van der Waals surface area contributed by atoms with Crippen LogP contribution in [0.2, 0.25) is 10.0 Å². The van der Waals surface area contributed by atoms with E-state index in [1.165, 1.54) is 14.2 Å². The van der Waals surface area contributed by atoms with Gasteiger partial charge >= 0.3 is 12.3 Å². The van der Waals surface area contributed by atoms with E-state index in [2.05, 4.69) is 9.89 Å². The first-order valence-corrected chi connectivity index (χ1v) is 9.07. The number of carbonyl (C=O) groups is 1. The molecule has 0 saturated carbocycles. The maximum absolute atomic E-state index is 12.4. The molecule has 0 aliphatic heterocycles. The van der Waals surface area contributed by atoms with Crippen LogP contribution in [0.25, 0.3) is 0 Å². The quantitative estimate of drug-likeness (QED) is 0.310. The summed E-state index contributed by atoms with van der Waals surface area (Å²) in [7, 11) is 2.52. The minimum absolute atomic E-state index is 0.0182. The van der Waals surface area contributed by atoms with Crippen molar-refractivity contribution in [2.75, 3.05) is 20.8 Å². The molecule has 0 amide bonds. The van der Waals surface area contributed by atoms with Crippen molar-refractivity contribution < 1.29 is 37.0 Å². The summed E-state index contributed by atoms with van der Waals surface area (Å²) >= 11 is 11.6. The van der Waals surface area contributed by atoms with E-state index >= 15 is 0 Å². The highest BCUT2D eigenvalue weighted by Gasteiger charge is 2.33. The Bertz CT molecular complexity index is 912. The van der Waals surface area contributed by atoms with E-state index < -0.39 is 18.1 Å². The van der Waals surface area contributed by atoms with E-state index in [0.29, 0.717) is 17.5 Å². The molecular formula is C19H16Cl2F3NO5. The Morgan fingerprint density at radius 3 is 2.30 bits per heavy atom. The van der Waals surface area contributed by atoms with Crippen LogP contribution in [-0.4, -0.2) is 38.9 Å². The molecule has 0 bridgehead atoms. The molecule has 11 heteroatoms. The number of hydrogen-bond acceptors (Lipinski definition) is 6. The van der Waals surface area contributed by atoms with Gasteiger partial charge in [0.2, 0.25) is 0 Å². The van der Waals surface area contributed by atoms with E-state index in [4.69, 9.17) is 37.5 Å². The summed E-state index contributed by atoms with van der Waals surface area (Å²) in [6, 6.07) is 9.22. The van der Waals surface area contributed by atoms with Gasteiger partial charge in [0.1, 0.15) is 12.9 Å². The number of ether oxygens (including phenoxy) is 3. The first-order chi connectivity index (χ1) is 14.2. The third-order valence-corrected chi connectivity index (χ3v) is 4.23. The topological polar surface area (TPSA) is 66.4 Å². The standard InChI is InChI=1S/C19H16Cl2F3NO5/c1-27-18(26)16(25-28-2)13-6-4-3-5-11(13)7-8-29-12-9-14(20)17(15(21)10-12)30-19(22,23)24/h3-6,9-10H,7-8H2,1-2H3/b25-16-. The van der Waals surface area contributed by atoms with Gasteiger partial charge in [-0.2, -0.15) is 0 Å². The van der Waals surface area contributed by atoms with Gasteiger partial charge in [-0.15, -0.1) is 13.2 Å². The highest BCUT2D eigenvalue weighted by Crippen LogP contribution is 2.39. The summed E-state index contributed by atoms with van der Waals surface area (Å²) in [5.74, 6) is -1.23. The highest BCUT2D eigenvalue weighted by molar-refractivity contribution is 6.43. The number of carbonyl (C=O) groups excluding carboxylic acids is 1. The van der Waals surface area contributed by atoms with Crippen molar-refractivity contribution in [3.05, 3.63) is 57.6 Å². The van der Waals surface area contributed by atoms with Gasteiger partial charge in [-0.25, -0.2) is 4.79 Å². The fraction of sp³-hybridized carbons (Fsp3) is 0.263. The predicted molar refractivity (Wildman–Crippen MR) is 104 cm³/mol. The lowest BCUT2D eigenvalue weighted by atomic mass is 10.0. The Morgan fingerprint density at radius 1 is 1.10 bits per heavy atom. The number of oxime groups is 1. The second-order valence-corrected chi connectivity index (χ2v) is 6.45. The third kappa shape index (κ3) is 6.43. The van der Waals surface area contributed by atoms with E-state index in [1.54, 1.807) is 24.3 Å². The van der Waals surface area contributed by atoms with Crippen molar-refractivity contribution in [1.29, 1.82) is 0 Å². The molecule has 0 aliphatic carbocycles. The van der Waals surface area contributed by atoms with E-state index in [9.17, 15) is 18.0 Å². The summed E-state index contributed by atoms with van der Waals surface area (Å²) in [6.07, 6.45) is -4.60. The van der Waals surface area contributed by atoms with Gasteiger partial charge in [-0.3, -0.25) is 0 Å². The monoisotopic (exact) mass is 465 g/mol. The van der Waals surface area contributed by atoms with Gasteiger partial charge < -0.3 is 19.0 Å². The maximum atomic E-state index is 12.4. The van der Waals surface area contributed by atoms with Gasteiger partial charge in [0.15, 0.2) is 11.5 Å². The molecule has 0 aliphatic rings. The lowest BCUT2D eigenvalue weighted by molar-refractivity contribution is -0.274. The molecule has 0 aromatic heterocycles. The van der Waals surface area contributed by atoms with E-state index in [1.807, 2.05) is 0 Å². The number of rotatable bonds is 8. The SMILES string of the molecule is CO/N=C(\C(=O)OC)c1ccccc1CCOc1cc(Cl)c(OC(F)(F)F)c(Cl)c1. The van der Waals surface area contributed by atoms with Crippen LogP contribution in [0.1, 0.15) is 11.1 Å². The lowest BCUT2D eigenvalue weighted by Crippen LogP contribution is -2.20. The van der Waals surface area contributed by atoms with E-state index in [-0.39, 0.29) is 28.1 Å². The fourth-order valence-corrected chi connectivity index (χ4v) is 3.01. The van der Waals surface area contributed by atoms with E-state index in [0.717, 1.165) is 12.1 Å². The fourth-order valence-electron chi connectivity index (χ4n) is 2.47. The molecule has 0 atom stereocenters. The molecule has 6 nitrogen and oxygen atoms in total. The van der Waals surface area contributed by atoms with Crippen LogP contribution in [0.5, 0.6) is 11.5 Å². The Morgan fingerprint density at radius 2 is 1.73 bits per heavy atom. The van der Waals surface area contributed by atoms with Gasteiger partial charge in [0, 0.05) is 24.1 Å². The number of alkyl halides is 3. The molecule has 30 heavy (non-hydrogen) atoms. The van der Waals surface area contributed by atoms with Crippen LogP contribution in [0.4, 0.5) is 13.2 Å². The number of hydrogen-bond donors (Lipinski definition) is 0. The first kappa shape index (κ1) is 23.6. The average Bonchev–Trinajstić information content (AvgIpc) is 2.68. The van der Waals surface area contributed by atoms with Crippen LogP contribution >= 0.6 is 23.2 Å². The molecule has 0 N–H and O–H groups in total. The Hall–Kier alpha value is -2.65. The molecule has 0 spiro atoms. The minimum Gasteiger partial charge on any atom is -0.493 e. The van der Waals surface area contributed by atoms with Gasteiger partial charge in [-0.05, 0) is 5.56 Å². The maximum Gasteiger partial charge on any atom is 0.573 e. The Kier molecular flexibility index (Phi) is 8.19. The predicted octanol–water partition coefficient (Wildman–Crippen LogP) is 5.04. The van der Waals surface area contributed by atoms with Crippen molar-refractivity contribution in [2.24, 2.45) is 5.16 Å². The van der Waals surface area contributed by atoms with Crippen LogP contribution in [0.3, 0.4) is 0 Å². The second kappa shape index (κ2) is 10.4. The van der Waals surface area contributed by atoms with Gasteiger partial charge in [0.25, 0.3) is 0 Å². The molecular weight excluding hydrogens is 450 g/mol. The summed E-state index contributed by atoms with van der Waals surface area (Å²) in [6.45, 7) is 0.102. The van der Waals surface area contributed by atoms with Gasteiger partial charge in [0.05, 0.1) is 23.8 Å². The summed E-state index contributed by atoms with van der Waals surface area (Å²) < 4.78 is 51.3. The zero-order valence-electron chi connectivity index (χ0n) is 15.8. The molecule has 0 fully saturated rings. The van der Waals surface area contributed by atoms with Gasteiger partial charge in [-0.1, -0.05) is 52.6 Å². The molecule has 2 rings (SSSR count). The van der Waals surface area contributed by atoms with Crippen molar-refractivity contribution in [2.45, 2.75) is 12.8 Å². The average molecular weight is 466 g/mol. The van der Waals surface area contributed by atoms with Crippen molar-refractivity contribution in [3.63, 3.8) is 0 Å². The minimum atomic E-state index is -4.93. The number of methoxy groups -OCH3 is 1. The molecule has 162 valence electrons. The number of nitrogens with zero attached hydrogens (tertiary/aromatic N) is 1. The Balaban J connectivity index is 2.15. The van der Waals surface area contributed by atoms with Crippen LogP contribution in [-0.2, 0) is 20.8 Å². The molecule has 0 saturated heterocycles. The van der Waals surface area contributed by atoms with Crippen LogP contribution in [0.15, 0.2) is 41.6 Å². The zero-order chi connectivity index (χ0) is 22.3. The normalized spacial score (nSPS) is 11.8. The number of benzene rings is 2. The van der Waals surface area contributed by atoms with Crippen molar-refractivity contribution in [1.82, 2.24) is 0 Å². The number of esters is 1. The Labute approximate surface area is 180 Å². The summed E-state index contributed by atoms with van der Waals surface area (Å²) in [5.41, 5.74) is 1.17. The molecule has 0 heterocycles. The molecule has 2 aromatic carbocycles. The first-order valence-electron chi connectivity index (χ1n) is 8.31. The van der Waals surface area contributed by atoms with Crippen molar-refractivity contribution in [3.8, 4) is 11.5 Å². The molecule has 2 aromatic rings. The van der Waals surface area contributed by atoms with Crippen LogP contribution < -0.4 is 9.47 Å². The zero-order valence-corrected chi connectivity index (χ0v) is 17.3. The molecule has 0 unspecified atom stereocenters. The summed E-state index contributed by atoms with van der Waals surface area (Å²) in [5, 5.41) is 3.01.